The van der Waals surface area contributed by atoms with Crippen LogP contribution in [0.25, 0.3) is 0 Å². The maximum atomic E-state index is 13.8. The Balaban J connectivity index is 2.21. The van der Waals surface area contributed by atoms with Gasteiger partial charge in [0.15, 0.2) is 0 Å². The summed E-state index contributed by atoms with van der Waals surface area (Å²) in [5, 5.41) is -2.89. The molecule has 0 unspecified atom stereocenters. The number of hydrogen-bond acceptors (Lipinski definition) is 1. The lowest BCUT2D eigenvalue weighted by molar-refractivity contribution is 0.105. The van der Waals surface area contributed by atoms with Gasteiger partial charge in [-0.2, -0.15) is 8.78 Å². The van der Waals surface area contributed by atoms with Gasteiger partial charge in [0.05, 0.1) is 0 Å². The van der Waals surface area contributed by atoms with E-state index in [2.05, 4.69) is 0 Å². The molecule has 0 saturated carbocycles. The summed E-state index contributed by atoms with van der Waals surface area (Å²) in [6.45, 7) is 0. The van der Waals surface area contributed by atoms with E-state index >= 15 is 0 Å². The highest BCUT2D eigenvalue weighted by Gasteiger charge is 2.32. The zero-order chi connectivity index (χ0) is 11.4. The van der Waals surface area contributed by atoms with Gasteiger partial charge in [-0.05, 0) is 23.9 Å². The fourth-order valence-corrected chi connectivity index (χ4v) is 2.17. The van der Waals surface area contributed by atoms with Crippen LogP contribution in [0.3, 0.4) is 0 Å². The van der Waals surface area contributed by atoms with E-state index in [0.717, 1.165) is 0 Å². The van der Waals surface area contributed by atoms with Gasteiger partial charge in [-0.1, -0.05) is 48.5 Å². The number of benzene rings is 2. The third-order valence-corrected chi connectivity index (χ3v) is 3.10. The quantitative estimate of drug-likeness (QED) is 0.705. The smallest absolute Gasteiger partial charge is 0.188 e. The molecule has 0 atom stereocenters. The number of hydrogen-bond donors (Lipinski definition) is 0. The van der Waals surface area contributed by atoms with Crippen LogP contribution in [0.4, 0.5) is 8.78 Å². The van der Waals surface area contributed by atoms with Crippen molar-refractivity contribution in [2.45, 2.75) is 10.2 Å². The molecule has 0 fully saturated rings. The van der Waals surface area contributed by atoms with Crippen molar-refractivity contribution in [2.24, 2.45) is 0 Å². The number of alkyl halides is 2. The minimum Gasteiger partial charge on any atom is -0.188 e. The van der Waals surface area contributed by atoms with Gasteiger partial charge in [0.1, 0.15) is 0 Å². The Morgan fingerprint density at radius 1 is 0.750 bits per heavy atom. The summed E-state index contributed by atoms with van der Waals surface area (Å²) in [7, 11) is 0. The summed E-state index contributed by atoms with van der Waals surface area (Å²) in [4.78, 5) is 0.566. The number of halogens is 2. The molecule has 0 aromatic heterocycles. The Bertz CT molecular complexity index is 440. The molecule has 0 amide bonds. The SMILES string of the molecule is FC(F)(Sc1ccccc1)c1ccccc1. The van der Waals surface area contributed by atoms with E-state index in [1.165, 1.54) is 12.1 Å². The third-order valence-electron chi connectivity index (χ3n) is 2.10. The molecule has 0 nitrogen and oxygen atoms in total. The lowest BCUT2D eigenvalue weighted by Crippen LogP contribution is -2.07. The van der Waals surface area contributed by atoms with E-state index in [9.17, 15) is 8.78 Å². The second-order valence-electron chi connectivity index (χ2n) is 3.30. The van der Waals surface area contributed by atoms with E-state index in [1.807, 2.05) is 6.07 Å². The maximum absolute atomic E-state index is 13.8. The molecule has 0 spiro atoms. The monoisotopic (exact) mass is 236 g/mol. The molecule has 0 aliphatic heterocycles. The molecular formula is C13H10F2S. The molecule has 0 aliphatic carbocycles. The van der Waals surface area contributed by atoms with E-state index in [4.69, 9.17) is 0 Å². The summed E-state index contributed by atoms with van der Waals surface area (Å²) >= 11 is 0.566. The minimum absolute atomic E-state index is 0.0313. The highest BCUT2D eigenvalue weighted by Crippen LogP contribution is 2.43. The summed E-state index contributed by atoms with van der Waals surface area (Å²) < 4.78 is 27.6. The average molecular weight is 236 g/mol. The van der Waals surface area contributed by atoms with Crippen LogP contribution in [0.1, 0.15) is 5.56 Å². The van der Waals surface area contributed by atoms with Crippen molar-refractivity contribution in [1.82, 2.24) is 0 Å². The number of rotatable bonds is 3. The van der Waals surface area contributed by atoms with Crippen molar-refractivity contribution in [3.8, 4) is 0 Å². The summed E-state index contributed by atoms with van der Waals surface area (Å²) in [5.74, 6) is 0. The lowest BCUT2D eigenvalue weighted by Gasteiger charge is -2.15. The topological polar surface area (TPSA) is 0 Å². The molecule has 0 heterocycles. The largest absolute Gasteiger partial charge is 0.323 e. The van der Waals surface area contributed by atoms with Gasteiger partial charge in [-0.3, -0.25) is 0 Å². The molecule has 2 aromatic rings. The van der Waals surface area contributed by atoms with Crippen molar-refractivity contribution >= 4 is 11.8 Å². The van der Waals surface area contributed by atoms with E-state index in [-0.39, 0.29) is 5.56 Å². The van der Waals surface area contributed by atoms with Crippen LogP contribution < -0.4 is 0 Å². The molecule has 0 aliphatic rings. The minimum atomic E-state index is -2.89. The van der Waals surface area contributed by atoms with Crippen molar-refractivity contribution in [3.63, 3.8) is 0 Å². The van der Waals surface area contributed by atoms with Crippen LogP contribution in [0, 0.1) is 0 Å². The third kappa shape index (κ3) is 2.61. The van der Waals surface area contributed by atoms with E-state index < -0.39 is 5.25 Å². The average Bonchev–Trinajstić information content (AvgIpc) is 2.31. The van der Waals surface area contributed by atoms with Gasteiger partial charge in [-0.15, -0.1) is 0 Å². The first-order chi connectivity index (χ1) is 7.68. The van der Waals surface area contributed by atoms with E-state index in [0.29, 0.717) is 16.7 Å². The van der Waals surface area contributed by atoms with Gasteiger partial charge in [-0.25, -0.2) is 0 Å². The van der Waals surface area contributed by atoms with Crippen LogP contribution in [-0.2, 0) is 5.25 Å². The standard InChI is InChI=1S/C13H10F2S/c14-13(15,11-7-3-1-4-8-11)16-12-9-5-2-6-10-12/h1-10H. The zero-order valence-corrected chi connectivity index (χ0v) is 9.25. The Labute approximate surface area is 97.3 Å². The van der Waals surface area contributed by atoms with Crippen LogP contribution in [-0.4, -0.2) is 0 Å². The first-order valence-corrected chi connectivity index (χ1v) is 5.67. The molecule has 2 aromatic carbocycles. The first-order valence-electron chi connectivity index (χ1n) is 4.86. The molecule has 82 valence electrons. The molecule has 0 saturated heterocycles. The van der Waals surface area contributed by atoms with E-state index in [1.54, 1.807) is 42.5 Å². The Morgan fingerprint density at radius 3 is 1.81 bits per heavy atom. The van der Waals surface area contributed by atoms with Crippen molar-refractivity contribution in [3.05, 3.63) is 66.2 Å². The van der Waals surface area contributed by atoms with Gasteiger partial charge >= 0.3 is 5.25 Å². The summed E-state index contributed by atoms with van der Waals surface area (Å²) in [6, 6.07) is 16.5. The van der Waals surface area contributed by atoms with Gasteiger partial charge in [0, 0.05) is 10.5 Å². The second-order valence-corrected chi connectivity index (χ2v) is 4.49. The van der Waals surface area contributed by atoms with Crippen LogP contribution >= 0.6 is 11.8 Å². The van der Waals surface area contributed by atoms with Gasteiger partial charge in [0.2, 0.25) is 0 Å². The maximum Gasteiger partial charge on any atom is 0.323 e. The fourth-order valence-electron chi connectivity index (χ4n) is 1.33. The molecule has 16 heavy (non-hydrogen) atoms. The molecule has 0 radical (unpaired) electrons. The molecule has 3 heteroatoms. The van der Waals surface area contributed by atoms with Crippen LogP contribution in [0.15, 0.2) is 65.6 Å². The molecule has 2 rings (SSSR count). The first kappa shape index (κ1) is 11.1. The van der Waals surface area contributed by atoms with Crippen molar-refractivity contribution in [2.75, 3.05) is 0 Å². The highest BCUT2D eigenvalue weighted by atomic mass is 32.2. The Hall–Kier alpha value is -1.35. The van der Waals surface area contributed by atoms with Crippen LogP contribution in [0.2, 0.25) is 0 Å². The predicted octanol–water partition coefficient (Wildman–Crippen LogP) is 4.53. The Morgan fingerprint density at radius 2 is 1.25 bits per heavy atom. The predicted molar refractivity (Wildman–Crippen MR) is 62.6 cm³/mol. The second kappa shape index (κ2) is 4.66. The molecule has 0 N–H and O–H groups in total. The zero-order valence-electron chi connectivity index (χ0n) is 8.44. The normalized spacial score (nSPS) is 11.4. The fraction of sp³-hybridized carbons (Fsp3) is 0.0769. The lowest BCUT2D eigenvalue weighted by atomic mass is 10.2. The van der Waals surface area contributed by atoms with Crippen LogP contribution in [0.5, 0.6) is 0 Å². The van der Waals surface area contributed by atoms with Gasteiger partial charge in [0.25, 0.3) is 0 Å². The Kier molecular flexibility index (Phi) is 3.25. The van der Waals surface area contributed by atoms with Gasteiger partial charge < -0.3 is 0 Å². The molecule has 0 bridgehead atoms. The highest BCUT2D eigenvalue weighted by molar-refractivity contribution is 8.00. The van der Waals surface area contributed by atoms with Crippen molar-refractivity contribution in [1.29, 1.82) is 0 Å². The van der Waals surface area contributed by atoms with Crippen molar-refractivity contribution < 1.29 is 8.78 Å². The summed E-state index contributed by atoms with van der Waals surface area (Å²) in [5.41, 5.74) is 0.0313. The summed E-state index contributed by atoms with van der Waals surface area (Å²) in [6.07, 6.45) is 0. The molecular weight excluding hydrogens is 226 g/mol. The number of thioether (sulfide) groups is 1.